The molecule has 19 heavy (non-hydrogen) atoms. The molecule has 2 heterocycles. The molecule has 106 valence electrons. The largest absolute Gasteiger partial charge is 0.314 e. The predicted molar refractivity (Wildman–Crippen MR) is 80.5 cm³/mol. The summed E-state index contributed by atoms with van der Waals surface area (Å²) >= 11 is 1.75. The molecular weight excluding hydrogens is 254 g/mol. The second kappa shape index (κ2) is 6.33. The van der Waals surface area contributed by atoms with E-state index >= 15 is 0 Å². The molecule has 4 heteroatoms. The van der Waals surface area contributed by atoms with Gasteiger partial charge in [0.05, 0.1) is 10.7 Å². The third-order valence-corrected chi connectivity index (χ3v) is 5.47. The van der Waals surface area contributed by atoms with E-state index in [1.165, 1.54) is 55.8 Å². The maximum absolute atomic E-state index is 4.55. The highest BCUT2D eigenvalue weighted by atomic mass is 32.1. The van der Waals surface area contributed by atoms with Gasteiger partial charge in [-0.15, -0.1) is 11.3 Å². The number of nitrogens with one attached hydrogen (secondary N) is 2. The van der Waals surface area contributed by atoms with Crippen molar-refractivity contribution in [3.05, 3.63) is 16.1 Å². The smallest absolute Gasteiger partial charge is 0.0897 e. The lowest BCUT2D eigenvalue weighted by atomic mass is 9.88. The van der Waals surface area contributed by atoms with Gasteiger partial charge in [0, 0.05) is 24.0 Å². The van der Waals surface area contributed by atoms with Gasteiger partial charge in [-0.3, -0.25) is 0 Å². The summed E-state index contributed by atoms with van der Waals surface area (Å²) in [7, 11) is 0. The lowest BCUT2D eigenvalue weighted by molar-refractivity contribution is 0.256. The minimum Gasteiger partial charge on any atom is -0.314 e. The molecule has 0 radical (unpaired) electrons. The quantitative estimate of drug-likeness (QED) is 0.890. The molecule has 1 aliphatic carbocycles. The van der Waals surface area contributed by atoms with Crippen LogP contribution in [0.15, 0.2) is 5.38 Å². The Bertz CT molecular complexity index is 398. The molecule has 0 bridgehead atoms. The summed E-state index contributed by atoms with van der Waals surface area (Å²) in [5, 5.41) is 10.9. The molecule has 1 aliphatic heterocycles. The Hall–Kier alpha value is -0.450. The van der Waals surface area contributed by atoms with Gasteiger partial charge in [-0.2, -0.15) is 0 Å². The lowest BCUT2D eigenvalue weighted by Gasteiger charge is -2.33. The zero-order chi connectivity index (χ0) is 13.1. The standard InChI is InChI=1S/C15H25N3S/c1-11-18-12(10-19-11)9-17-15-7-4-5-13(15)14-6-2-3-8-16-14/h10,13-17H,2-9H2,1H3. The van der Waals surface area contributed by atoms with Crippen molar-refractivity contribution in [1.29, 1.82) is 0 Å². The highest BCUT2D eigenvalue weighted by Crippen LogP contribution is 2.31. The molecule has 2 aliphatic rings. The number of hydrogen-bond donors (Lipinski definition) is 2. The molecule has 1 aromatic rings. The molecule has 3 atom stereocenters. The first-order valence-corrected chi connectivity index (χ1v) is 8.58. The minimum absolute atomic E-state index is 0.692. The van der Waals surface area contributed by atoms with E-state index < -0.39 is 0 Å². The predicted octanol–water partition coefficient (Wildman–Crippen LogP) is 2.85. The van der Waals surface area contributed by atoms with Gasteiger partial charge in [0.1, 0.15) is 0 Å². The molecule has 0 spiro atoms. The van der Waals surface area contributed by atoms with Crippen LogP contribution in [0.25, 0.3) is 0 Å². The first kappa shape index (κ1) is 13.5. The fraction of sp³-hybridized carbons (Fsp3) is 0.800. The topological polar surface area (TPSA) is 37.0 Å². The number of thiazole rings is 1. The third kappa shape index (κ3) is 3.36. The van der Waals surface area contributed by atoms with Crippen LogP contribution >= 0.6 is 11.3 Å². The van der Waals surface area contributed by atoms with Crippen LogP contribution in [-0.4, -0.2) is 23.6 Å². The number of aryl methyl sites for hydroxylation is 1. The minimum atomic E-state index is 0.692. The van der Waals surface area contributed by atoms with Crippen molar-refractivity contribution in [3.63, 3.8) is 0 Å². The molecule has 1 saturated carbocycles. The van der Waals surface area contributed by atoms with Crippen molar-refractivity contribution in [2.45, 2.75) is 64.1 Å². The third-order valence-electron chi connectivity index (χ3n) is 4.65. The zero-order valence-corrected chi connectivity index (χ0v) is 12.6. The fourth-order valence-electron chi connectivity index (χ4n) is 3.69. The Kier molecular flexibility index (Phi) is 4.51. The molecular formula is C15H25N3S. The number of piperidine rings is 1. The molecule has 2 fully saturated rings. The highest BCUT2D eigenvalue weighted by Gasteiger charge is 2.33. The Labute approximate surface area is 120 Å². The van der Waals surface area contributed by atoms with Gasteiger partial charge in [0.25, 0.3) is 0 Å². The highest BCUT2D eigenvalue weighted by molar-refractivity contribution is 7.09. The van der Waals surface area contributed by atoms with E-state index in [1.54, 1.807) is 11.3 Å². The summed E-state index contributed by atoms with van der Waals surface area (Å²) in [5.41, 5.74) is 1.21. The van der Waals surface area contributed by atoms with Crippen LogP contribution in [-0.2, 0) is 6.54 Å². The normalized spacial score (nSPS) is 31.7. The van der Waals surface area contributed by atoms with Crippen LogP contribution < -0.4 is 10.6 Å². The summed E-state index contributed by atoms with van der Waals surface area (Å²) < 4.78 is 0. The van der Waals surface area contributed by atoms with Gasteiger partial charge >= 0.3 is 0 Å². The van der Waals surface area contributed by atoms with E-state index in [4.69, 9.17) is 0 Å². The molecule has 0 aromatic carbocycles. The van der Waals surface area contributed by atoms with E-state index in [-0.39, 0.29) is 0 Å². The van der Waals surface area contributed by atoms with Crippen molar-refractivity contribution < 1.29 is 0 Å². The van der Waals surface area contributed by atoms with Gasteiger partial charge in [-0.1, -0.05) is 12.8 Å². The van der Waals surface area contributed by atoms with Crippen LogP contribution in [0.1, 0.15) is 49.2 Å². The summed E-state index contributed by atoms with van der Waals surface area (Å²) in [6.45, 7) is 4.25. The number of rotatable bonds is 4. The maximum atomic E-state index is 4.55. The molecule has 3 rings (SSSR count). The fourth-order valence-corrected chi connectivity index (χ4v) is 4.31. The second-order valence-corrected chi connectivity index (χ2v) is 7.06. The van der Waals surface area contributed by atoms with Crippen LogP contribution in [0.3, 0.4) is 0 Å². The molecule has 0 amide bonds. The first-order chi connectivity index (χ1) is 9.33. The van der Waals surface area contributed by atoms with E-state index in [0.29, 0.717) is 6.04 Å². The van der Waals surface area contributed by atoms with Gasteiger partial charge in [-0.25, -0.2) is 4.98 Å². The second-order valence-electron chi connectivity index (χ2n) is 6.00. The Balaban J connectivity index is 1.54. The van der Waals surface area contributed by atoms with Gasteiger partial charge in [-0.05, 0) is 45.1 Å². The van der Waals surface area contributed by atoms with Crippen molar-refractivity contribution in [3.8, 4) is 0 Å². The zero-order valence-electron chi connectivity index (χ0n) is 11.8. The van der Waals surface area contributed by atoms with E-state index in [0.717, 1.165) is 18.5 Å². The number of aromatic nitrogens is 1. The molecule has 2 N–H and O–H groups in total. The van der Waals surface area contributed by atoms with Crippen molar-refractivity contribution >= 4 is 11.3 Å². The van der Waals surface area contributed by atoms with E-state index in [9.17, 15) is 0 Å². The van der Waals surface area contributed by atoms with Crippen molar-refractivity contribution in [1.82, 2.24) is 15.6 Å². The monoisotopic (exact) mass is 279 g/mol. The van der Waals surface area contributed by atoms with Gasteiger partial charge in [0.15, 0.2) is 0 Å². The van der Waals surface area contributed by atoms with Crippen molar-refractivity contribution in [2.75, 3.05) is 6.54 Å². The SMILES string of the molecule is Cc1nc(CNC2CCCC2C2CCCCN2)cs1. The van der Waals surface area contributed by atoms with Gasteiger partial charge in [0.2, 0.25) is 0 Å². The molecule has 1 aromatic heterocycles. The lowest BCUT2D eigenvalue weighted by Crippen LogP contribution is -2.46. The van der Waals surface area contributed by atoms with Gasteiger partial charge < -0.3 is 10.6 Å². The average Bonchev–Trinajstić information content (AvgIpc) is 3.06. The number of nitrogens with zero attached hydrogens (tertiary/aromatic N) is 1. The van der Waals surface area contributed by atoms with Crippen LogP contribution in [0, 0.1) is 12.8 Å². The molecule has 1 saturated heterocycles. The summed E-state index contributed by atoms with van der Waals surface area (Å²) in [6.07, 6.45) is 8.26. The Morgan fingerprint density at radius 2 is 2.26 bits per heavy atom. The maximum Gasteiger partial charge on any atom is 0.0897 e. The molecule has 3 unspecified atom stereocenters. The summed E-state index contributed by atoms with van der Waals surface area (Å²) in [5.74, 6) is 0.833. The summed E-state index contributed by atoms with van der Waals surface area (Å²) in [4.78, 5) is 4.55. The van der Waals surface area contributed by atoms with E-state index in [2.05, 4.69) is 27.9 Å². The van der Waals surface area contributed by atoms with Crippen LogP contribution in [0.4, 0.5) is 0 Å². The first-order valence-electron chi connectivity index (χ1n) is 7.71. The molecule has 3 nitrogen and oxygen atoms in total. The average molecular weight is 279 g/mol. The van der Waals surface area contributed by atoms with Crippen LogP contribution in [0.2, 0.25) is 0 Å². The Morgan fingerprint density at radius 3 is 3.00 bits per heavy atom. The Morgan fingerprint density at radius 1 is 1.32 bits per heavy atom. The van der Waals surface area contributed by atoms with E-state index in [1.807, 2.05) is 0 Å². The summed E-state index contributed by atoms with van der Waals surface area (Å²) in [6, 6.07) is 1.45. The number of hydrogen-bond acceptors (Lipinski definition) is 4. The van der Waals surface area contributed by atoms with Crippen molar-refractivity contribution in [2.24, 2.45) is 5.92 Å². The van der Waals surface area contributed by atoms with Crippen LogP contribution in [0.5, 0.6) is 0 Å².